The molecular weight excluding hydrogens is 288 g/mol. The third kappa shape index (κ3) is 1.97. The lowest BCUT2D eigenvalue weighted by Gasteiger charge is -2.07. The van der Waals surface area contributed by atoms with E-state index in [0.29, 0.717) is 0 Å². The molecule has 0 amide bonds. The molecular formula is C16H15ClN2S. The first-order valence-electron chi connectivity index (χ1n) is 6.91. The number of nitrogens with one attached hydrogen (secondary N) is 1. The zero-order chi connectivity index (χ0) is 13.5. The van der Waals surface area contributed by atoms with Crippen molar-refractivity contribution in [1.82, 2.24) is 9.88 Å². The van der Waals surface area contributed by atoms with E-state index >= 15 is 0 Å². The van der Waals surface area contributed by atoms with E-state index in [2.05, 4.69) is 28.2 Å². The molecule has 1 aliphatic heterocycles. The summed E-state index contributed by atoms with van der Waals surface area (Å²) in [7, 11) is 0. The molecule has 3 aromatic rings. The predicted octanol–water partition coefficient (Wildman–Crippen LogP) is 4.03. The van der Waals surface area contributed by atoms with Crippen molar-refractivity contribution in [3.63, 3.8) is 0 Å². The van der Waals surface area contributed by atoms with Crippen LogP contribution in [0, 0.1) is 0 Å². The first-order valence-corrected chi connectivity index (χ1v) is 8.10. The number of aromatic nitrogens is 1. The standard InChI is InChI=1S/C16H15ClN2S/c17-11-2-1-3-12(10-11)19-9-6-15-16(19)13-4-7-18-8-5-14(13)20-15/h1-3,6,9-10,18H,4-5,7-8H2. The van der Waals surface area contributed by atoms with E-state index < -0.39 is 0 Å². The van der Waals surface area contributed by atoms with E-state index in [0.717, 1.165) is 36.6 Å². The Morgan fingerprint density at radius 2 is 2.05 bits per heavy atom. The van der Waals surface area contributed by atoms with Gasteiger partial charge in [-0.05, 0) is 55.8 Å². The molecule has 1 aliphatic rings. The molecule has 0 saturated carbocycles. The highest BCUT2D eigenvalue weighted by molar-refractivity contribution is 7.19. The van der Waals surface area contributed by atoms with Gasteiger partial charge in [0.05, 0.1) is 10.2 Å². The van der Waals surface area contributed by atoms with Crippen LogP contribution in [-0.4, -0.2) is 17.7 Å². The quantitative estimate of drug-likeness (QED) is 0.718. The first kappa shape index (κ1) is 12.5. The molecule has 4 heteroatoms. The molecule has 0 unspecified atom stereocenters. The minimum atomic E-state index is 0.785. The van der Waals surface area contributed by atoms with E-state index in [-0.39, 0.29) is 0 Å². The van der Waals surface area contributed by atoms with Crippen molar-refractivity contribution in [3.05, 3.63) is 52.0 Å². The highest BCUT2D eigenvalue weighted by Crippen LogP contribution is 2.35. The van der Waals surface area contributed by atoms with Crippen molar-refractivity contribution in [1.29, 1.82) is 0 Å². The maximum Gasteiger partial charge on any atom is 0.0671 e. The molecule has 0 radical (unpaired) electrons. The average molecular weight is 303 g/mol. The second-order valence-corrected chi connectivity index (χ2v) is 6.71. The van der Waals surface area contributed by atoms with Crippen molar-refractivity contribution >= 4 is 33.2 Å². The minimum Gasteiger partial charge on any atom is -0.316 e. The fraction of sp³-hybridized carbons (Fsp3) is 0.250. The lowest BCUT2D eigenvalue weighted by Crippen LogP contribution is -2.16. The van der Waals surface area contributed by atoms with Gasteiger partial charge in [-0.25, -0.2) is 0 Å². The molecule has 0 spiro atoms. The Hall–Kier alpha value is -1.29. The molecule has 4 rings (SSSR count). The Morgan fingerprint density at radius 3 is 2.95 bits per heavy atom. The van der Waals surface area contributed by atoms with Gasteiger partial charge in [0, 0.05) is 21.8 Å². The Balaban J connectivity index is 1.94. The molecule has 0 aliphatic carbocycles. The molecule has 3 heterocycles. The van der Waals surface area contributed by atoms with Crippen molar-refractivity contribution in [3.8, 4) is 5.69 Å². The third-order valence-corrected chi connectivity index (χ3v) is 5.35. The summed E-state index contributed by atoms with van der Waals surface area (Å²) < 4.78 is 3.67. The summed E-state index contributed by atoms with van der Waals surface area (Å²) in [6, 6.07) is 10.3. The molecule has 2 nitrogen and oxygen atoms in total. The van der Waals surface area contributed by atoms with Gasteiger partial charge in [0.1, 0.15) is 0 Å². The lowest BCUT2D eigenvalue weighted by molar-refractivity contribution is 0.712. The minimum absolute atomic E-state index is 0.785. The summed E-state index contributed by atoms with van der Waals surface area (Å²) in [5.41, 5.74) is 4.03. The number of fused-ring (bicyclic) bond motifs is 3. The van der Waals surface area contributed by atoms with Crippen LogP contribution in [-0.2, 0) is 12.8 Å². The van der Waals surface area contributed by atoms with E-state index in [1.807, 2.05) is 29.5 Å². The summed E-state index contributed by atoms with van der Waals surface area (Å²) in [6.45, 7) is 2.16. The monoisotopic (exact) mass is 302 g/mol. The van der Waals surface area contributed by atoms with Gasteiger partial charge in [-0.15, -0.1) is 11.3 Å². The van der Waals surface area contributed by atoms with E-state index in [1.54, 1.807) is 0 Å². The van der Waals surface area contributed by atoms with Crippen LogP contribution in [0.1, 0.15) is 10.4 Å². The van der Waals surface area contributed by atoms with Gasteiger partial charge in [-0.3, -0.25) is 0 Å². The molecule has 0 saturated heterocycles. The van der Waals surface area contributed by atoms with Gasteiger partial charge in [0.15, 0.2) is 0 Å². The second kappa shape index (κ2) is 4.92. The van der Waals surface area contributed by atoms with Crippen molar-refractivity contribution < 1.29 is 0 Å². The van der Waals surface area contributed by atoms with Gasteiger partial charge < -0.3 is 9.88 Å². The molecule has 0 fully saturated rings. The van der Waals surface area contributed by atoms with Gasteiger partial charge in [0.25, 0.3) is 0 Å². The number of hydrogen-bond acceptors (Lipinski definition) is 2. The van der Waals surface area contributed by atoms with E-state index in [4.69, 9.17) is 11.6 Å². The predicted molar refractivity (Wildman–Crippen MR) is 86.4 cm³/mol. The molecule has 0 bridgehead atoms. The van der Waals surface area contributed by atoms with Crippen molar-refractivity contribution in [2.75, 3.05) is 13.1 Å². The third-order valence-electron chi connectivity index (χ3n) is 3.87. The summed E-state index contributed by atoms with van der Waals surface area (Å²) in [4.78, 5) is 1.54. The summed E-state index contributed by atoms with van der Waals surface area (Å²) in [5.74, 6) is 0. The zero-order valence-electron chi connectivity index (χ0n) is 11.0. The highest BCUT2D eigenvalue weighted by Gasteiger charge is 2.18. The van der Waals surface area contributed by atoms with Gasteiger partial charge >= 0.3 is 0 Å². The normalized spacial score (nSPS) is 15.2. The highest BCUT2D eigenvalue weighted by atomic mass is 35.5. The number of nitrogens with zero attached hydrogens (tertiary/aromatic N) is 1. The zero-order valence-corrected chi connectivity index (χ0v) is 12.6. The molecule has 20 heavy (non-hydrogen) atoms. The van der Waals surface area contributed by atoms with Crippen LogP contribution in [0.5, 0.6) is 0 Å². The average Bonchev–Trinajstić information content (AvgIpc) is 2.91. The van der Waals surface area contributed by atoms with Crippen LogP contribution >= 0.6 is 22.9 Å². The number of thiophene rings is 1. The van der Waals surface area contributed by atoms with E-state index in [1.165, 1.54) is 20.7 Å². The SMILES string of the molecule is Clc1cccc(-n2ccc3sc4c(c32)CCNCC4)c1. The van der Waals surface area contributed by atoms with Crippen LogP contribution in [0.2, 0.25) is 5.02 Å². The topological polar surface area (TPSA) is 17.0 Å². The number of halogens is 1. The maximum atomic E-state index is 6.14. The van der Waals surface area contributed by atoms with Gasteiger partial charge in [0.2, 0.25) is 0 Å². The summed E-state index contributed by atoms with van der Waals surface area (Å²) in [5, 5.41) is 4.27. The Kier molecular flexibility index (Phi) is 3.06. The first-order chi connectivity index (χ1) is 9.83. The van der Waals surface area contributed by atoms with Crippen molar-refractivity contribution in [2.24, 2.45) is 0 Å². The van der Waals surface area contributed by atoms with Crippen LogP contribution in [0.4, 0.5) is 0 Å². The van der Waals surface area contributed by atoms with Crippen LogP contribution in [0.25, 0.3) is 15.9 Å². The fourth-order valence-corrected chi connectivity index (χ4v) is 4.38. The van der Waals surface area contributed by atoms with E-state index in [9.17, 15) is 0 Å². The molecule has 0 atom stereocenters. The Morgan fingerprint density at radius 1 is 1.15 bits per heavy atom. The smallest absolute Gasteiger partial charge is 0.0671 e. The van der Waals surface area contributed by atoms with Gasteiger partial charge in [-0.1, -0.05) is 17.7 Å². The maximum absolute atomic E-state index is 6.14. The molecule has 102 valence electrons. The van der Waals surface area contributed by atoms with Crippen LogP contribution in [0.15, 0.2) is 36.5 Å². The van der Waals surface area contributed by atoms with Crippen LogP contribution < -0.4 is 5.32 Å². The lowest BCUT2D eigenvalue weighted by atomic mass is 10.1. The van der Waals surface area contributed by atoms with Gasteiger partial charge in [-0.2, -0.15) is 0 Å². The number of hydrogen-bond donors (Lipinski definition) is 1. The largest absolute Gasteiger partial charge is 0.316 e. The number of rotatable bonds is 1. The fourth-order valence-electron chi connectivity index (χ4n) is 2.96. The van der Waals surface area contributed by atoms with Crippen molar-refractivity contribution in [2.45, 2.75) is 12.8 Å². The molecule has 1 N–H and O–H groups in total. The Bertz CT molecular complexity index is 772. The molecule has 1 aromatic carbocycles. The summed E-state index contributed by atoms with van der Waals surface area (Å²) >= 11 is 8.07. The second-order valence-electron chi connectivity index (χ2n) is 5.13. The van der Waals surface area contributed by atoms with Crippen LogP contribution in [0.3, 0.4) is 0 Å². The summed E-state index contributed by atoms with van der Waals surface area (Å²) in [6.07, 6.45) is 4.41. The Labute approximate surface area is 127 Å². The number of benzene rings is 1. The molecule has 2 aromatic heterocycles.